The van der Waals surface area contributed by atoms with E-state index in [9.17, 15) is 9.59 Å². The largest absolute Gasteiger partial charge is 0.340 e. The minimum absolute atomic E-state index is 0.0337. The SMILES string of the molecule is Cc1ccc(C(=O)CCC(=O)N2CCN(C(C)c3nc4ccccc4s3)CC2)cc1. The fourth-order valence-corrected chi connectivity index (χ4v) is 4.90. The van der Waals surface area contributed by atoms with Crippen molar-refractivity contribution in [1.29, 1.82) is 0 Å². The third-order valence-corrected chi connectivity index (χ3v) is 7.03. The first-order chi connectivity index (χ1) is 14.5. The molecule has 156 valence electrons. The number of fused-ring (bicyclic) bond motifs is 1. The monoisotopic (exact) mass is 421 g/mol. The molecule has 0 N–H and O–H groups in total. The molecule has 3 aromatic rings. The molecule has 0 spiro atoms. The Hall–Kier alpha value is -2.57. The van der Waals surface area contributed by atoms with Crippen molar-refractivity contribution in [1.82, 2.24) is 14.8 Å². The van der Waals surface area contributed by atoms with E-state index in [1.54, 1.807) is 11.3 Å². The van der Waals surface area contributed by atoms with Crippen molar-refractivity contribution in [2.75, 3.05) is 26.2 Å². The van der Waals surface area contributed by atoms with Gasteiger partial charge in [0.1, 0.15) is 5.01 Å². The van der Waals surface area contributed by atoms with Gasteiger partial charge in [0.25, 0.3) is 0 Å². The molecular weight excluding hydrogens is 394 g/mol. The van der Waals surface area contributed by atoms with Gasteiger partial charge < -0.3 is 4.90 Å². The van der Waals surface area contributed by atoms with E-state index in [0.717, 1.165) is 29.2 Å². The lowest BCUT2D eigenvalue weighted by atomic mass is 10.0. The number of ketones is 1. The van der Waals surface area contributed by atoms with Crippen LogP contribution >= 0.6 is 11.3 Å². The molecule has 1 atom stereocenters. The molecule has 1 saturated heterocycles. The summed E-state index contributed by atoms with van der Waals surface area (Å²) in [4.78, 5) is 34.0. The summed E-state index contributed by atoms with van der Waals surface area (Å²) < 4.78 is 1.21. The van der Waals surface area contributed by atoms with Crippen molar-refractivity contribution in [2.45, 2.75) is 32.7 Å². The summed E-state index contributed by atoms with van der Waals surface area (Å²) in [6.07, 6.45) is 0.546. The van der Waals surface area contributed by atoms with Crippen LogP contribution in [0.1, 0.15) is 46.7 Å². The van der Waals surface area contributed by atoms with Crippen LogP contribution < -0.4 is 0 Å². The van der Waals surface area contributed by atoms with Crippen LogP contribution in [0.3, 0.4) is 0 Å². The first-order valence-electron chi connectivity index (χ1n) is 10.5. The molecule has 2 heterocycles. The average molecular weight is 422 g/mol. The second-order valence-electron chi connectivity index (χ2n) is 7.90. The van der Waals surface area contributed by atoms with Gasteiger partial charge >= 0.3 is 0 Å². The number of para-hydroxylation sites is 1. The zero-order valence-corrected chi connectivity index (χ0v) is 18.3. The molecule has 6 heteroatoms. The lowest BCUT2D eigenvalue weighted by Crippen LogP contribution is -2.49. The molecule has 1 fully saturated rings. The first-order valence-corrected chi connectivity index (χ1v) is 11.3. The predicted octanol–water partition coefficient (Wildman–Crippen LogP) is 4.47. The molecule has 1 aliphatic rings. The Morgan fingerprint density at radius 3 is 2.40 bits per heavy atom. The Morgan fingerprint density at radius 2 is 1.70 bits per heavy atom. The van der Waals surface area contributed by atoms with E-state index >= 15 is 0 Å². The van der Waals surface area contributed by atoms with E-state index in [2.05, 4.69) is 24.0 Å². The van der Waals surface area contributed by atoms with Gasteiger partial charge in [-0.25, -0.2) is 4.98 Å². The molecule has 1 aliphatic heterocycles. The standard InChI is InChI=1S/C24H27N3O2S/c1-17-7-9-19(10-8-17)21(28)11-12-23(29)27-15-13-26(14-16-27)18(2)24-25-20-5-3-4-6-22(20)30-24/h3-10,18H,11-16H2,1-2H3. The number of hydrogen-bond donors (Lipinski definition) is 0. The van der Waals surface area contributed by atoms with Gasteiger partial charge in [0.05, 0.1) is 16.3 Å². The van der Waals surface area contributed by atoms with Crippen molar-refractivity contribution in [3.05, 3.63) is 64.7 Å². The highest BCUT2D eigenvalue weighted by molar-refractivity contribution is 7.18. The number of hydrogen-bond acceptors (Lipinski definition) is 5. The van der Waals surface area contributed by atoms with Crippen LogP contribution in [0.25, 0.3) is 10.2 Å². The van der Waals surface area contributed by atoms with Crippen LogP contribution in [-0.2, 0) is 4.79 Å². The van der Waals surface area contributed by atoms with Crippen LogP contribution in [0.15, 0.2) is 48.5 Å². The van der Waals surface area contributed by atoms with Gasteiger partial charge in [-0.2, -0.15) is 0 Å². The van der Waals surface area contributed by atoms with E-state index in [1.807, 2.05) is 48.2 Å². The number of aromatic nitrogens is 1. The van der Waals surface area contributed by atoms with Gasteiger partial charge in [-0.3, -0.25) is 14.5 Å². The molecule has 1 unspecified atom stereocenters. The Bertz CT molecular complexity index is 1000. The number of carbonyl (C=O) groups excluding carboxylic acids is 2. The maximum absolute atomic E-state index is 12.6. The molecule has 5 nitrogen and oxygen atoms in total. The second kappa shape index (κ2) is 9.06. The fourth-order valence-electron chi connectivity index (χ4n) is 3.85. The molecule has 1 amide bonds. The molecule has 2 aromatic carbocycles. The van der Waals surface area contributed by atoms with Crippen LogP contribution in [0.2, 0.25) is 0 Å². The number of carbonyl (C=O) groups is 2. The van der Waals surface area contributed by atoms with Crippen molar-refractivity contribution in [3.63, 3.8) is 0 Å². The van der Waals surface area contributed by atoms with Crippen molar-refractivity contribution >= 4 is 33.2 Å². The normalized spacial score (nSPS) is 16.0. The van der Waals surface area contributed by atoms with Gasteiger partial charge in [-0.1, -0.05) is 42.0 Å². The average Bonchev–Trinajstić information content (AvgIpc) is 3.21. The second-order valence-corrected chi connectivity index (χ2v) is 8.96. The van der Waals surface area contributed by atoms with Crippen molar-refractivity contribution in [3.8, 4) is 0 Å². The van der Waals surface area contributed by atoms with Crippen LogP contribution in [0.5, 0.6) is 0 Å². The summed E-state index contributed by atoms with van der Waals surface area (Å²) in [6, 6.07) is 16.0. The van der Waals surface area contributed by atoms with Gasteiger partial charge in [-0.15, -0.1) is 11.3 Å². The molecular formula is C24H27N3O2S. The lowest BCUT2D eigenvalue weighted by Gasteiger charge is -2.37. The Labute approximate surface area is 181 Å². The Balaban J connectivity index is 1.27. The van der Waals surface area contributed by atoms with Gasteiger partial charge in [0.15, 0.2) is 5.78 Å². The smallest absolute Gasteiger partial charge is 0.223 e. The number of rotatable bonds is 6. The molecule has 4 rings (SSSR count). The molecule has 0 saturated carbocycles. The highest BCUT2D eigenvalue weighted by Crippen LogP contribution is 2.30. The van der Waals surface area contributed by atoms with Gasteiger partial charge in [0.2, 0.25) is 5.91 Å². The molecule has 0 bridgehead atoms. The molecule has 30 heavy (non-hydrogen) atoms. The van der Waals surface area contributed by atoms with Gasteiger partial charge in [0, 0.05) is 44.6 Å². The number of piperazine rings is 1. The summed E-state index contributed by atoms with van der Waals surface area (Å²) in [5.41, 5.74) is 2.86. The predicted molar refractivity (Wildman–Crippen MR) is 121 cm³/mol. The summed E-state index contributed by atoms with van der Waals surface area (Å²) in [5, 5.41) is 1.12. The Kier molecular flexibility index (Phi) is 6.25. The minimum Gasteiger partial charge on any atom is -0.340 e. The zero-order valence-electron chi connectivity index (χ0n) is 17.5. The number of thiazole rings is 1. The number of benzene rings is 2. The molecule has 1 aromatic heterocycles. The van der Waals surface area contributed by atoms with Crippen LogP contribution in [0.4, 0.5) is 0 Å². The maximum Gasteiger partial charge on any atom is 0.223 e. The van der Waals surface area contributed by atoms with E-state index in [1.165, 1.54) is 4.70 Å². The van der Waals surface area contributed by atoms with Crippen LogP contribution in [0, 0.1) is 6.92 Å². The van der Waals surface area contributed by atoms with Crippen molar-refractivity contribution < 1.29 is 9.59 Å². The first kappa shape index (κ1) is 20.7. The van der Waals surface area contributed by atoms with E-state index < -0.39 is 0 Å². The molecule has 0 radical (unpaired) electrons. The highest BCUT2D eigenvalue weighted by Gasteiger charge is 2.26. The summed E-state index contributed by atoms with van der Waals surface area (Å²) in [5.74, 6) is 0.106. The number of aryl methyl sites for hydroxylation is 1. The zero-order chi connectivity index (χ0) is 21.1. The van der Waals surface area contributed by atoms with Gasteiger partial charge in [-0.05, 0) is 26.0 Å². The lowest BCUT2D eigenvalue weighted by molar-refractivity contribution is -0.133. The summed E-state index contributed by atoms with van der Waals surface area (Å²) in [7, 11) is 0. The Morgan fingerprint density at radius 1 is 1.00 bits per heavy atom. The topological polar surface area (TPSA) is 53.5 Å². The van der Waals surface area contributed by atoms with E-state index in [4.69, 9.17) is 4.98 Å². The maximum atomic E-state index is 12.6. The number of Topliss-reactive ketones (excluding diaryl/α,β-unsaturated/α-hetero) is 1. The number of nitrogens with zero attached hydrogens (tertiary/aromatic N) is 3. The van der Waals surface area contributed by atoms with Crippen LogP contribution in [-0.4, -0.2) is 52.7 Å². The molecule has 0 aliphatic carbocycles. The van der Waals surface area contributed by atoms with E-state index in [0.29, 0.717) is 18.7 Å². The quantitative estimate of drug-likeness (QED) is 0.551. The number of amides is 1. The minimum atomic E-state index is 0.0337. The van der Waals surface area contributed by atoms with E-state index in [-0.39, 0.29) is 30.6 Å². The fraction of sp³-hybridized carbons (Fsp3) is 0.375. The third-order valence-electron chi connectivity index (χ3n) is 5.82. The third kappa shape index (κ3) is 4.60. The highest BCUT2D eigenvalue weighted by atomic mass is 32.1. The summed E-state index contributed by atoms with van der Waals surface area (Å²) in [6.45, 7) is 7.24. The summed E-state index contributed by atoms with van der Waals surface area (Å²) >= 11 is 1.75. The van der Waals surface area contributed by atoms with Crippen molar-refractivity contribution in [2.24, 2.45) is 0 Å².